The van der Waals surface area contributed by atoms with Gasteiger partial charge >= 0.3 is 0 Å². The van der Waals surface area contributed by atoms with Gasteiger partial charge in [-0.15, -0.1) is 0 Å². The summed E-state index contributed by atoms with van der Waals surface area (Å²) in [6.45, 7) is 15.4. The molecule has 0 aromatic carbocycles. The third-order valence-electron chi connectivity index (χ3n) is 10.7. The lowest BCUT2D eigenvalue weighted by Crippen LogP contribution is -2.53. The van der Waals surface area contributed by atoms with E-state index in [1.54, 1.807) is 44.9 Å². The highest BCUT2D eigenvalue weighted by atomic mass is 14.6. The molecule has 8 unspecified atom stereocenters. The van der Waals surface area contributed by atoms with E-state index in [2.05, 4.69) is 41.5 Å². The summed E-state index contributed by atoms with van der Waals surface area (Å²) in [5.41, 5.74) is 1.87. The first-order valence-electron chi connectivity index (χ1n) is 12.7. The van der Waals surface area contributed by atoms with Crippen LogP contribution in [0.4, 0.5) is 0 Å². The Morgan fingerprint density at radius 3 is 2.30 bits per heavy atom. The molecule has 27 heavy (non-hydrogen) atoms. The van der Waals surface area contributed by atoms with Crippen molar-refractivity contribution < 1.29 is 0 Å². The minimum atomic E-state index is 0.499. The molecule has 0 bridgehead atoms. The van der Waals surface area contributed by atoms with Crippen molar-refractivity contribution in [1.29, 1.82) is 0 Å². The van der Waals surface area contributed by atoms with E-state index in [4.69, 9.17) is 0 Å². The van der Waals surface area contributed by atoms with Crippen molar-refractivity contribution in [3.63, 3.8) is 0 Å². The molecule has 0 nitrogen and oxygen atoms in total. The van der Waals surface area contributed by atoms with Crippen molar-refractivity contribution in [2.45, 2.75) is 119 Å². The molecule has 8 atom stereocenters. The highest BCUT2D eigenvalue weighted by molar-refractivity contribution is 5.09. The fraction of sp³-hybridized carbons (Fsp3) is 1.00. The van der Waals surface area contributed by atoms with Crippen LogP contribution in [0, 0.1) is 51.8 Å². The Morgan fingerprint density at radius 2 is 1.56 bits per heavy atom. The summed E-state index contributed by atoms with van der Waals surface area (Å²) in [5.74, 6) is 6.19. The average molecular weight is 373 g/mol. The van der Waals surface area contributed by atoms with Crippen LogP contribution in [-0.2, 0) is 0 Å². The predicted molar refractivity (Wildman–Crippen MR) is 118 cm³/mol. The van der Waals surface area contributed by atoms with Gasteiger partial charge in [0.2, 0.25) is 0 Å². The van der Waals surface area contributed by atoms with E-state index in [1.807, 2.05) is 0 Å². The molecule has 4 rings (SSSR count). The molecule has 0 N–H and O–H groups in total. The van der Waals surface area contributed by atoms with Crippen molar-refractivity contribution >= 4 is 0 Å². The summed E-state index contributed by atoms with van der Waals surface area (Å²) < 4.78 is 0. The van der Waals surface area contributed by atoms with Gasteiger partial charge in [0.05, 0.1) is 0 Å². The van der Waals surface area contributed by atoms with Crippen LogP contribution >= 0.6 is 0 Å². The van der Waals surface area contributed by atoms with Gasteiger partial charge in [0.15, 0.2) is 0 Å². The Hall–Kier alpha value is 0. The van der Waals surface area contributed by atoms with Gasteiger partial charge in [-0.2, -0.15) is 0 Å². The molecule has 4 fully saturated rings. The maximum Gasteiger partial charge on any atom is -0.0264 e. The van der Waals surface area contributed by atoms with Crippen molar-refractivity contribution in [2.75, 3.05) is 0 Å². The van der Waals surface area contributed by atoms with E-state index < -0.39 is 0 Å². The molecule has 0 aromatic heterocycles. The molecule has 0 heterocycles. The molecule has 0 aliphatic heterocycles. The van der Waals surface area contributed by atoms with Crippen LogP contribution < -0.4 is 0 Å². The van der Waals surface area contributed by atoms with Crippen LogP contribution in [0.2, 0.25) is 0 Å². The molecule has 156 valence electrons. The zero-order chi connectivity index (χ0) is 19.4. The predicted octanol–water partition coefficient (Wildman–Crippen LogP) is 8.50. The largest absolute Gasteiger partial charge is 0.0622 e. The summed E-state index contributed by atoms with van der Waals surface area (Å²) in [5, 5.41) is 0. The van der Waals surface area contributed by atoms with Crippen LogP contribution in [0.3, 0.4) is 0 Å². The fourth-order valence-corrected chi connectivity index (χ4v) is 9.13. The molecule has 0 amide bonds. The Balaban J connectivity index is 1.49. The van der Waals surface area contributed by atoms with Crippen LogP contribution in [0.15, 0.2) is 0 Å². The molecule has 4 aliphatic rings. The van der Waals surface area contributed by atoms with Crippen LogP contribution in [0.1, 0.15) is 119 Å². The molecule has 4 saturated carbocycles. The Labute approximate surface area is 170 Å². The van der Waals surface area contributed by atoms with E-state index in [1.165, 1.54) is 32.1 Å². The summed E-state index contributed by atoms with van der Waals surface area (Å²) >= 11 is 0. The quantitative estimate of drug-likeness (QED) is 0.466. The first kappa shape index (κ1) is 20.3. The Kier molecular flexibility index (Phi) is 5.30. The van der Waals surface area contributed by atoms with Crippen LogP contribution in [0.5, 0.6) is 0 Å². The van der Waals surface area contributed by atoms with Gasteiger partial charge in [-0.3, -0.25) is 0 Å². The third kappa shape index (κ3) is 3.44. The number of hydrogen-bond acceptors (Lipinski definition) is 0. The number of hydrogen-bond donors (Lipinski definition) is 0. The molecule has 4 aliphatic carbocycles. The highest BCUT2D eigenvalue weighted by Gasteiger charge is 2.60. The lowest BCUT2D eigenvalue weighted by molar-refractivity contribution is -0.114. The van der Waals surface area contributed by atoms with Crippen molar-refractivity contribution in [3.05, 3.63) is 0 Å². The van der Waals surface area contributed by atoms with E-state index in [0.29, 0.717) is 16.2 Å². The van der Waals surface area contributed by atoms with Crippen LogP contribution in [-0.4, -0.2) is 0 Å². The minimum Gasteiger partial charge on any atom is -0.0622 e. The van der Waals surface area contributed by atoms with E-state index in [9.17, 15) is 0 Å². The monoisotopic (exact) mass is 372 g/mol. The zero-order valence-corrected chi connectivity index (χ0v) is 19.4. The standard InChI is InChI=1S/C27H48/c1-19(14-17-25(2,3)4)22-12-13-23-21-11-10-20-9-7-8-16-26(20,5)24(21)15-18-27(22,23)6/h19-24H,7-18H2,1-6H3. The molecule has 0 spiro atoms. The first-order valence-corrected chi connectivity index (χ1v) is 12.7. The van der Waals surface area contributed by atoms with E-state index in [-0.39, 0.29) is 0 Å². The van der Waals surface area contributed by atoms with Crippen LogP contribution in [0.25, 0.3) is 0 Å². The fourth-order valence-electron chi connectivity index (χ4n) is 9.13. The minimum absolute atomic E-state index is 0.499. The van der Waals surface area contributed by atoms with Crippen molar-refractivity contribution in [1.82, 2.24) is 0 Å². The maximum absolute atomic E-state index is 2.74. The smallest absolute Gasteiger partial charge is 0.0264 e. The van der Waals surface area contributed by atoms with Gasteiger partial charge in [0.25, 0.3) is 0 Å². The summed E-state index contributed by atoms with van der Waals surface area (Å²) in [6, 6.07) is 0. The second kappa shape index (κ2) is 7.05. The molecule has 0 saturated heterocycles. The van der Waals surface area contributed by atoms with E-state index in [0.717, 1.165) is 35.5 Å². The van der Waals surface area contributed by atoms with Crippen molar-refractivity contribution in [2.24, 2.45) is 51.8 Å². The van der Waals surface area contributed by atoms with Gasteiger partial charge in [0, 0.05) is 0 Å². The Morgan fingerprint density at radius 1 is 0.815 bits per heavy atom. The zero-order valence-electron chi connectivity index (χ0n) is 19.4. The van der Waals surface area contributed by atoms with Crippen molar-refractivity contribution in [3.8, 4) is 0 Å². The Bertz CT molecular complexity index is 527. The molecule has 0 heteroatoms. The highest BCUT2D eigenvalue weighted by Crippen LogP contribution is 2.68. The van der Waals surface area contributed by atoms with Gasteiger partial charge in [-0.05, 0) is 116 Å². The van der Waals surface area contributed by atoms with Gasteiger partial charge in [-0.25, -0.2) is 0 Å². The second-order valence-electron chi connectivity index (χ2n) is 13.2. The molecular weight excluding hydrogens is 324 g/mol. The molecule has 0 radical (unpaired) electrons. The molecular formula is C27H48. The van der Waals surface area contributed by atoms with Gasteiger partial charge in [0.1, 0.15) is 0 Å². The van der Waals surface area contributed by atoms with E-state index >= 15 is 0 Å². The first-order chi connectivity index (χ1) is 12.7. The SMILES string of the molecule is CC(CCC(C)(C)C)C1CCC2C3CCC4CCCCC4(C)C3CCC12C. The second-order valence-corrected chi connectivity index (χ2v) is 13.2. The third-order valence-corrected chi connectivity index (χ3v) is 10.7. The topological polar surface area (TPSA) is 0 Å². The van der Waals surface area contributed by atoms with Gasteiger partial charge < -0.3 is 0 Å². The summed E-state index contributed by atoms with van der Waals surface area (Å²) in [4.78, 5) is 0. The maximum atomic E-state index is 2.74. The average Bonchev–Trinajstić information content (AvgIpc) is 2.96. The lowest BCUT2D eigenvalue weighted by atomic mass is 9.44. The lowest BCUT2D eigenvalue weighted by Gasteiger charge is -2.61. The normalized spacial score (nSPS) is 48.4. The summed E-state index contributed by atoms with van der Waals surface area (Å²) in [7, 11) is 0. The number of fused-ring (bicyclic) bond motifs is 5. The number of rotatable bonds is 3. The van der Waals surface area contributed by atoms with Gasteiger partial charge in [-0.1, -0.05) is 54.4 Å². The summed E-state index contributed by atoms with van der Waals surface area (Å²) in [6.07, 6.45) is 18.3. The molecule has 0 aromatic rings.